The van der Waals surface area contributed by atoms with Gasteiger partial charge in [-0.15, -0.1) is 0 Å². The van der Waals surface area contributed by atoms with Crippen LogP contribution in [0, 0.1) is 0 Å². The average Bonchev–Trinajstić information content (AvgIpc) is 2.92. The van der Waals surface area contributed by atoms with Crippen molar-refractivity contribution in [1.82, 2.24) is 9.80 Å². The zero-order valence-corrected chi connectivity index (χ0v) is 10.9. The van der Waals surface area contributed by atoms with Gasteiger partial charge in [-0.2, -0.15) is 0 Å². The van der Waals surface area contributed by atoms with Crippen molar-refractivity contribution >= 4 is 17.9 Å². The van der Waals surface area contributed by atoms with E-state index in [1.807, 2.05) is 30.3 Å². The van der Waals surface area contributed by atoms with Crippen molar-refractivity contribution < 1.29 is 9.59 Å². The normalized spacial score (nSPS) is 25.1. The predicted molar refractivity (Wildman–Crippen MR) is 71.9 cm³/mol. The number of nitrogens with zero attached hydrogens (tertiary/aromatic N) is 2. The summed E-state index contributed by atoms with van der Waals surface area (Å²) in [6.07, 6.45) is 3.48. The second-order valence-corrected chi connectivity index (χ2v) is 4.99. The van der Waals surface area contributed by atoms with Crippen LogP contribution < -0.4 is 0 Å². The molecule has 19 heavy (non-hydrogen) atoms. The van der Waals surface area contributed by atoms with Gasteiger partial charge in [0.05, 0.1) is 0 Å². The quantitative estimate of drug-likeness (QED) is 0.714. The van der Waals surface area contributed by atoms with E-state index in [1.165, 1.54) is 4.90 Å². The molecule has 0 unspecified atom stereocenters. The van der Waals surface area contributed by atoms with E-state index in [1.54, 1.807) is 18.0 Å². The van der Waals surface area contributed by atoms with Gasteiger partial charge in [-0.3, -0.25) is 9.59 Å². The van der Waals surface area contributed by atoms with Crippen molar-refractivity contribution in [2.24, 2.45) is 0 Å². The summed E-state index contributed by atoms with van der Waals surface area (Å²) in [5, 5.41) is 0. The van der Waals surface area contributed by atoms with Crippen LogP contribution in [0.25, 0.3) is 6.08 Å². The molecule has 2 aliphatic heterocycles. The van der Waals surface area contributed by atoms with Crippen molar-refractivity contribution in [3.05, 3.63) is 41.6 Å². The summed E-state index contributed by atoms with van der Waals surface area (Å²) in [5.41, 5.74) is 1.40. The molecule has 0 aromatic heterocycles. The molecule has 4 nitrogen and oxygen atoms in total. The lowest BCUT2D eigenvalue weighted by Crippen LogP contribution is -2.54. The number of carbonyl (C=O) groups is 2. The lowest BCUT2D eigenvalue weighted by molar-refractivity contribution is -0.147. The van der Waals surface area contributed by atoms with Gasteiger partial charge in [0.25, 0.3) is 5.91 Å². The molecule has 3 rings (SSSR count). The molecule has 2 saturated heterocycles. The van der Waals surface area contributed by atoms with Crippen molar-refractivity contribution in [3.8, 4) is 0 Å². The zero-order chi connectivity index (χ0) is 13.4. The number of benzene rings is 1. The highest BCUT2D eigenvalue weighted by Crippen LogP contribution is 2.28. The Labute approximate surface area is 112 Å². The van der Waals surface area contributed by atoms with E-state index >= 15 is 0 Å². The zero-order valence-electron chi connectivity index (χ0n) is 10.9. The van der Waals surface area contributed by atoms with Crippen LogP contribution >= 0.6 is 0 Å². The molecule has 4 heteroatoms. The Morgan fingerprint density at radius 2 is 1.95 bits per heavy atom. The smallest absolute Gasteiger partial charge is 0.271 e. The molecule has 0 bridgehead atoms. The molecule has 98 valence electrons. The number of hydrogen-bond donors (Lipinski definition) is 0. The van der Waals surface area contributed by atoms with Crippen LogP contribution in [-0.2, 0) is 9.59 Å². The predicted octanol–water partition coefficient (Wildman–Crippen LogP) is 1.49. The highest BCUT2D eigenvalue weighted by molar-refractivity contribution is 6.07. The Hall–Kier alpha value is -2.10. The highest BCUT2D eigenvalue weighted by Gasteiger charge is 2.43. The minimum absolute atomic E-state index is 0.0271. The standard InChI is InChI=1S/C15H16N2O2/c1-16-13(10-11-6-3-2-4-7-11)15(19)17-9-5-8-12(17)14(16)18/h2-4,6-7,10,12H,5,8-9H2,1H3/b13-10+/t12-/m1/s1. The molecule has 0 spiro atoms. The fraction of sp³-hybridized carbons (Fsp3) is 0.333. The van der Waals surface area contributed by atoms with Crippen molar-refractivity contribution in [1.29, 1.82) is 0 Å². The SMILES string of the molecule is CN1C(=O)[C@H]2CCCN2C(=O)/C1=C\c1ccccc1. The summed E-state index contributed by atoms with van der Waals surface area (Å²) in [6, 6.07) is 9.37. The molecule has 2 aliphatic rings. The van der Waals surface area contributed by atoms with Crippen molar-refractivity contribution in [2.45, 2.75) is 18.9 Å². The largest absolute Gasteiger partial charge is 0.325 e. The lowest BCUT2D eigenvalue weighted by Gasteiger charge is -2.36. The van der Waals surface area contributed by atoms with E-state index in [0.717, 1.165) is 18.4 Å². The number of amides is 2. The molecule has 0 aliphatic carbocycles. The van der Waals surface area contributed by atoms with Gasteiger partial charge >= 0.3 is 0 Å². The second kappa shape index (κ2) is 4.53. The van der Waals surface area contributed by atoms with Gasteiger partial charge in [-0.25, -0.2) is 0 Å². The minimum atomic E-state index is -0.245. The molecular weight excluding hydrogens is 240 g/mol. The molecule has 0 saturated carbocycles. The molecule has 0 radical (unpaired) electrons. The van der Waals surface area contributed by atoms with E-state index in [9.17, 15) is 9.59 Å². The van der Waals surface area contributed by atoms with Gasteiger partial charge in [-0.05, 0) is 24.5 Å². The molecule has 2 amide bonds. The first-order valence-electron chi connectivity index (χ1n) is 6.54. The second-order valence-electron chi connectivity index (χ2n) is 4.99. The van der Waals surface area contributed by atoms with Crippen LogP contribution in [0.5, 0.6) is 0 Å². The Kier molecular flexibility index (Phi) is 2.85. The molecule has 1 atom stereocenters. The summed E-state index contributed by atoms with van der Waals surface area (Å²) in [4.78, 5) is 27.9. The fourth-order valence-corrected chi connectivity index (χ4v) is 2.77. The molecule has 1 aromatic carbocycles. The first kappa shape index (κ1) is 12.0. The Bertz CT molecular complexity index is 551. The van der Waals surface area contributed by atoms with E-state index in [4.69, 9.17) is 0 Å². The maximum Gasteiger partial charge on any atom is 0.271 e. The number of piperazine rings is 1. The monoisotopic (exact) mass is 256 g/mol. The topological polar surface area (TPSA) is 40.6 Å². The van der Waals surface area contributed by atoms with E-state index in [2.05, 4.69) is 0 Å². The van der Waals surface area contributed by atoms with Crippen LogP contribution in [0.15, 0.2) is 36.0 Å². The molecule has 2 heterocycles. The van der Waals surface area contributed by atoms with E-state index in [-0.39, 0.29) is 17.9 Å². The van der Waals surface area contributed by atoms with E-state index in [0.29, 0.717) is 12.2 Å². The van der Waals surface area contributed by atoms with Gasteiger partial charge in [0.15, 0.2) is 0 Å². The molecular formula is C15H16N2O2. The van der Waals surface area contributed by atoms with Gasteiger partial charge in [0.2, 0.25) is 5.91 Å². The number of hydrogen-bond acceptors (Lipinski definition) is 2. The third kappa shape index (κ3) is 1.93. The lowest BCUT2D eigenvalue weighted by atomic mass is 10.1. The summed E-state index contributed by atoms with van der Waals surface area (Å²) < 4.78 is 0. The molecule has 0 N–H and O–H groups in total. The third-order valence-corrected chi connectivity index (χ3v) is 3.81. The first-order chi connectivity index (χ1) is 9.18. The highest BCUT2D eigenvalue weighted by atomic mass is 16.2. The Balaban J connectivity index is 1.99. The average molecular weight is 256 g/mol. The summed E-state index contributed by atoms with van der Waals surface area (Å²) in [6.45, 7) is 0.690. The minimum Gasteiger partial charge on any atom is -0.325 e. The summed E-state index contributed by atoms with van der Waals surface area (Å²) in [5.74, 6) is -0.00673. The maximum atomic E-state index is 12.4. The Morgan fingerprint density at radius 3 is 2.68 bits per heavy atom. The van der Waals surface area contributed by atoms with Crippen LogP contribution in [0.1, 0.15) is 18.4 Å². The van der Waals surface area contributed by atoms with Gasteiger partial charge in [0.1, 0.15) is 11.7 Å². The van der Waals surface area contributed by atoms with Gasteiger partial charge < -0.3 is 9.80 Å². The number of fused-ring (bicyclic) bond motifs is 1. The first-order valence-corrected chi connectivity index (χ1v) is 6.54. The van der Waals surface area contributed by atoms with Crippen LogP contribution in [-0.4, -0.2) is 41.2 Å². The fourth-order valence-electron chi connectivity index (χ4n) is 2.77. The summed E-state index contributed by atoms with van der Waals surface area (Å²) >= 11 is 0. The van der Waals surface area contributed by atoms with Gasteiger partial charge in [0, 0.05) is 13.6 Å². The van der Waals surface area contributed by atoms with Crippen LogP contribution in [0.3, 0.4) is 0 Å². The van der Waals surface area contributed by atoms with Crippen molar-refractivity contribution in [2.75, 3.05) is 13.6 Å². The van der Waals surface area contributed by atoms with Crippen LogP contribution in [0.4, 0.5) is 0 Å². The summed E-state index contributed by atoms with van der Waals surface area (Å²) in [7, 11) is 1.69. The molecule has 1 aromatic rings. The number of rotatable bonds is 1. The van der Waals surface area contributed by atoms with Crippen molar-refractivity contribution in [3.63, 3.8) is 0 Å². The maximum absolute atomic E-state index is 12.4. The number of carbonyl (C=O) groups excluding carboxylic acids is 2. The van der Waals surface area contributed by atoms with Crippen LogP contribution in [0.2, 0.25) is 0 Å². The van der Waals surface area contributed by atoms with Gasteiger partial charge in [-0.1, -0.05) is 30.3 Å². The Morgan fingerprint density at radius 1 is 1.21 bits per heavy atom. The third-order valence-electron chi connectivity index (χ3n) is 3.81. The molecule has 2 fully saturated rings. The number of likely N-dealkylation sites (N-methyl/N-ethyl adjacent to an activating group) is 1. The van der Waals surface area contributed by atoms with E-state index < -0.39 is 0 Å².